The van der Waals surface area contributed by atoms with Gasteiger partial charge >= 0.3 is 5.97 Å². The van der Waals surface area contributed by atoms with Gasteiger partial charge in [-0.15, -0.1) is 0 Å². The number of carbonyl (C=O) groups excluding carboxylic acids is 2. The highest BCUT2D eigenvalue weighted by Crippen LogP contribution is 2.34. The van der Waals surface area contributed by atoms with Crippen LogP contribution in [0.4, 0.5) is 0 Å². The van der Waals surface area contributed by atoms with E-state index in [9.17, 15) is 19.8 Å². The van der Waals surface area contributed by atoms with Gasteiger partial charge in [-0.3, -0.25) is 9.59 Å². The summed E-state index contributed by atoms with van der Waals surface area (Å²) in [6.45, 7) is 3.95. The van der Waals surface area contributed by atoms with Crippen LogP contribution in [0.1, 0.15) is 84.5 Å². The van der Waals surface area contributed by atoms with Crippen LogP contribution in [0, 0.1) is 11.8 Å². The van der Waals surface area contributed by atoms with Crippen molar-refractivity contribution in [3.63, 3.8) is 0 Å². The minimum Gasteiger partial charge on any atom is -0.469 e. The van der Waals surface area contributed by atoms with Gasteiger partial charge in [-0.1, -0.05) is 51.2 Å². The third-order valence-electron chi connectivity index (χ3n) is 5.59. The zero-order valence-corrected chi connectivity index (χ0v) is 17.3. The number of rotatable bonds is 13. The zero-order chi connectivity index (χ0) is 20.3. The van der Waals surface area contributed by atoms with Crippen molar-refractivity contribution in [2.24, 2.45) is 11.8 Å². The van der Waals surface area contributed by atoms with Crippen molar-refractivity contribution in [1.29, 1.82) is 0 Å². The second-order valence-corrected chi connectivity index (χ2v) is 8.18. The number of esters is 1. The molecule has 2 unspecified atom stereocenters. The van der Waals surface area contributed by atoms with E-state index in [2.05, 4.69) is 11.7 Å². The molecule has 0 aromatic heterocycles. The van der Waals surface area contributed by atoms with E-state index in [0.29, 0.717) is 12.8 Å². The minimum absolute atomic E-state index is 0.127. The predicted octanol–water partition coefficient (Wildman–Crippen LogP) is 3.95. The third-order valence-corrected chi connectivity index (χ3v) is 5.59. The van der Waals surface area contributed by atoms with Gasteiger partial charge in [0.05, 0.1) is 18.8 Å². The van der Waals surface area contributed by atoms with Crippen molar-refractivity contribution < 1.29 is 24.5 Å². The highest BCUT2D eigenvalue weighted by molar-refractivity contribution is 5.84. The molecule has 4 atom stereocenters. The molecule has 0 aromatic carbocycles. The van der Waals surface area contributed by atoms with Crippen molar-refractivity contribution >= 4 is 11.8 Å². The third kappa shape index (κ3) is 9.02. The molecule has 5 heteroatoms. The highest BCUT2D eigenvalue weighted by atomic mass is 16.5. The van der Waals surface area contributed by atoms with E-state index in [-0.39, 0.29) is 30.0 Å². The molecule has 0 heterocycles. The van der Waals surface area contributed by atoms with Gasteiger partial charge < -0.3 is 14.9 Å². The van der Waals surface area contributed by atoms with Crippen LogP contribution in [0.3, 0.4) is 0 Å². The summed E-state index contributed by atoms with van der Waals surface area (Å²) in [5.41, 5.74) is -0.727. The van der Waals surface area contributed by atoms with Crippen molar-refractivity contribution in [2.75, 3.05) is 7.11 Å². The highest BCUT2D eigenvalue weighted by Gasteiger charge is 2.39. The average Bonchev–Trinajstić information content (AvgIpc) is 2.89. The summed E-state index contributed by atoms with van der Waals surface area (Å²) < 4.78 is 4.62. The Hall–Kier alpha value is -1.20. The summed E-state index contributed by atoms with van der Waals surface area (Å²) in [6, 6.07) is 0. The Balaban J connectivity index is 2.42. The Bertz CT molecular complexity index is 483. The molecule has 2 N–H and O–H groups in total. The number of unbranched alkanes of at least 4 members (excludes halogenated alkanes) is 4. The molecule has 156 valence electrons. The zero-order valence-electron chi connectivity index (χ0n) is 17.3. The average molecular weight is 383 g/mol. The summed E-state index contributed by atoms with van der Waals surface area (Å²) in [5, 5.41) is 20.6. The Morgan fingerprint density at radius 2 is 1.96 bits per heavy atom. The van der Waals surface area contributed by atoms with Crippen LogP contribution in [-0.4, -0.2) is 40.8 Å². The van der Waals surface area contributed by atoms with Crippen LogP contribution in [-0.2, 0) is 14.3 Å². The smallest absolute Gasteiger partial charge is 0.305 e. The molecule has 1 saturated carbocycles. The lowest BCUT2D eigenvalue weighted by atomic mass is 9.87. The minimum atomic E-state index is -0.727. The largest absolute Gasteiger partial charge is 0.469 e. The number of carbonyl (C=O) groups is 2. The van der Waals surface area contributed by atoms with E-state index in [1.54, 1.807) is 0 Å². The van der Waals surface area contributed by atoms with E-state index < -0.39 is 11.7 Å². The molecule has 1 aliphatic rings. The molecule has 1 rings (SSSR count). The maximum atomic E-state index is 12.2. The van der Waals surface area contributed by atoms with Gasteiger partial charge in [0.2, 0.25) is 0 Å². The molecule has 1 fully saturated rings. The van der Waals surface area contributed by atoms with Crippen LogP contribution >= 0.6 is 0 Å². The Morgan fingerprint density at radius 3 is 2.63 bits per heavy atom. The molecule has 0 saturated heterocycles. The fraction of sp³-hybridized carbons (Fsp3) is 0.818. The summed E-state index contributed by atoms with van der Waals surface area (Å²) in [7, 11) is 1.40. The number of methoxy groups -OCH3 is 1. The van der Waals surface area contributed by atoms with Gasteiger partial charge in [0, 0.05) is 24.7 Å². The molecule has 0 bridgehead atoms. The molecule has 0 amide bonds. The van der Waals surface area contributed by atoms with Gasteiger partial charge in [-0.2, -0.15) is 0 Å². The first-order valence-electron chi connectivity index (χ1n) is 10.5. The Labute approximate surface area is 164 Å². The van der Waals surface area contributed by atoms with Crippen molar-refractivity contribution in [1.82, 2.24) is 0 Å². The molecule has 27 heavy (non-hydrogen) atoms. The number of Topliss-reactive ketones (excluding diaryl/α,β-unsaturated/α-hetero) is 1. The molecule has 5 nitrogen and oxygen atoms in total. The second kappa shape index (κ2) is 12.3. The van der Waals surface area contributed by atoms with Gasteiger partial charge in [-0.05, 0) is 32.6 Å². The second-order valence-electron chi connectivity index (χ2n) is 8.18. The number of hydrogen-bond acceptors (Lipinski definition) is 5. The molecular formula is C22H38O5. The first kappa shape index (κ1) is 23.8. The Kier molecular flexibility index (Phi) is 10.9. The number of ether oxygens (including phenoxy) is 1. The van der Waals surface area contributed by atoms with E-state index in [0.717, 1.165) is 51.4 Å². The maximum Gasteiger partial charge on any atom is 0.305 e. The van der Waals surface area contributed by atoms with Crippen LogP contribution in [0.25, 0.3) is 0 Å². The molecule has 1 aliphatic carbocycles. The number of hydrogen-bond donors (Lipinski definition) is 2. The van der Waals surface area contributed by atoms with Crippen molar-refractivity contribution in [3.8, 4) is 0 Å². The van der Waals surface area contributed by atoms with Gasteiger partial charge in [0.1, 0.15) is 5.78 Å². The van der Waals surface area contributed by atoms with Crippen molar-refractivity contribution in [2.45, 2.75) is 96.2 Å². The monoisotopic (exact) mass is 382 g/mol. The summed E-state index contributed by atoms with van der Waals surface area (Å²) in [6.07, 6.45) is 11.7. The molecule has 0 aliphatic heterocycles. The first-order chi connectivity index (χ1) is 12.8. The van der Waals surface area contributed by atoms with Crippen LogP contribution in [0.2, 0.25) is 0 Å². The van der Waals surface area contributed by atoms with Crippen LogP contribution < -0.4 is 0 Å². The molecule has 0 aromatic rings. The lowest BCUT2D eigenvalue weighted by Gasteiger charge is -2.22. The van der Waals surface area contributed by atoms with Gasteiger partial charge in [-0.25, -0.2) is 0 Å². The predicted molar refractivity (Wildman–Crippen MR) is 106 cm³/mol. The lowest BCUT2D eigenvalue weighted by molar-refractivity contribution is -0.140. The normalized spacial score (nSPS) is 25.1. The maximum absolute atomic E-state index is 12.2. The van der Waals surface area contributed by atoms with E-state index in [1.165, 1.54) is 7.11 Å². The van der Waals surface area contributed by atoms with E-state index in [4.69, 9.17) is 0 Å². The topological polar surface area (TPSA) is 83.8 Å². The van der Waals surface area contributed by atoms with E-state index in [1.807, 2.05) is 19.1 Å². The SMILES string of the molecule is CCCC[C@](C)(O)CC=C[C@H]1C(O)CC(=O)C1CCCCCCC(=O)OC. The van der Waals surface area contributed by atoms with Crippen molar-refractivity contribution in [3.05, 3.63) is 12.2 Å². The first-order valence-corrected chi connectivity index (χ1v) is 10.5. The van der Waals surface area contributed by atoms with Gasteiger partial charge in [0.15, 0.2) is 0 Å². The summed E-state index contributed by atoms with van der Waals surface area (Å²) >= 11 is 0. The standard InChI is InChI=1S/C22H38O5/c1-4-5-14-22(2,26)15-10-12-18-17(19(23)16-20(18)24)11-8-6-7-9-13-21(25)27-3/h10,12,17-18,20,24,26H,4-9,11,13-16H2,1-3H3/t17?,18-,20?,22+/m1/s1. The van der Waals surface area contributed by atoms with Crippen LogP contribution in [0.15, 0.2) is 12.2 Å². The molecule has 0 radical (unpaired) electrons. The fourth-order valence-electron chi connectivity index (χ4n) is 3.82. The summed E-state index contributed by atoms with van der Waals surface area (Å²) in [5.74, 6) is -0.305. The number of aliphatic hydroxyl groups excluding tert-OH is 1. The van der Waals surface area contributed by atoms with E-state index >= 15 is 0 Å². The lowest BCUT2D eigenvalue weighted by Crippen LogP contribution is -2.23. The number of ketones is 1. The number of aliphatic hydroxyl groups is 2. The molecule has 0 spiro atoms. The fourth-order valence-corrected chi connectivity index (χ4v) is 3.82. The summed E-state index contributed by atoms with van der Waals surface area (Å²) in [4.78, 5) is 23.3. The van der Waals surface area contributed by atoms with Crippen LogP contribution in [0.5, 0.6) is 0 Å². The van der Waals surface area contributed by atoms with Gasteiger partial charge in [0.25, 0.3) is 0 Å². The molecular weight excluding hydrogens is 344 g/mol. The quantitative estimate of drug-likeness (QED) is 0.286. The Morgan fingerprint density at radius 1 is 1.26 bits per heavy atom.